The van der Waals surface area contributed by atoms with Crippen LogP contribution < -0.4 is 10.1 Å². The highest BCUT2D eigenvalue weighted by molar-refractivity contribution is 5.77. The molecule has 0 unspecified atom stereocenters. The van der Waals surface area contributed by atoms with Crippen LogP contribution >= 0.6 is 0 Å². The zero-order valence-corrected chi connectivity index (χ0v) is 11.6. The molecule has 0 atom stereocenters. The topological polar surface area (TPSA) is 55.4 Å². The number of ether oxygens (including phenoxy) is 1. The number of rotatable bonds is 8. The standard InChI is InChI=1S/C15H21NO3/c1-3-10-16-15(18)11-19-14-8-6-13(7-9-14)5-4-12(2)17/h6-9H,3-5,10-11H2,1-2H3,(H,16,18). The molecule has 1 aromatic carbocycles. The number of hydrogen-bond acceptors (Lipinski definition) is 3. The van der Waals surface area contributed by atoms with Crippen LogP contribution in [0.15, 0.2) is 24.3 Å². The van der Waals surface area contributed by atoms with E-state index in [1.807, 2.05) is 31.2 Å². The molecule has 1 amide bonds. The van der Waals surface area contributed by atoms with E-state index < -0.39 is 0 Å². The number of Topliss-reactive ketones (excluding diaryl/α,β-unsaturated/α-hetero) is 1. The first-order chi connectivity index (χ1) is 9.11. The lowest BCUT2D eigenvalue weighted by Crippen LogP contribution is -2.29. The first-order valence-electron chi connectivity index (χ1n) is 6.59. The van der Waals surface area contributed by atoms with Gasteiger partial charge in [0.1, 0.15) is 11.5 Å². The number of aryl methyl sites for hydroxylation is 1. The first-order valence-corrected chi connectivity index (χ1v) is 6.59. The van der Waals surface area contributed by atoms with Gasteiger partial charge in [0.05, 0.1) is 0 Å². The Balaban J connectivity index is 2.35. The largest absolute Gasteiger partial charge is 0.484 e. The molecule has 0 heterocycles. The molecule has 0 fully saturated rings. The van der Waals surface area contributed by atoms with Gasteiger partial charge in [-0.15, -0.1) is 0 Å². The van der Waals surface area contributed by atoms with Crippen molar-refractivity contribution >= 4 is 11.7 Å². The van der Waals surface area contributed by atoms with Gasteiger partial charge < -0.3 is 14.8 Å². The van der Waals surface area contributed by atoms with Crippen molar-refractivity contribution in [3.63, 3.8) is 0 Å². The van der Waals surface area contributed by atoms with Crippen molar-refractivity contribution in [2.45, 2.75) is 33.1 Å². The van der Waals surface area contributed by atoms with Crippen molar-refractivity contribution in [1.82, 2.24) is 5.32 Å². The minimum atomic E-state index is -0.109. The monoisotopic (exact) mass is 263 g/mol. The Bertz CT molecular complexity index is 412. The molecule has 0 bridgehead atoms. The van der Waals surface area contributed by atoms with Gasteiger partial charge >= 0.3 is 0 Å². The van der Waals surface area contributed by atoms with Gasteiger partial charge in [-0.25, -0.2) is 0 Å². The molecule has 0 spiro atoms. The van der Waals surface area contributed by atoms with Crippen LogP contribution in [0.25, 0.3) is 0 Å². The van der Waals surface area contributed by atoms with Crippen LogP contribution in [0.2, 0.25) is 0 Å². The normalized spacial score (nSPS) is 10.0. The highest BCUT2D eigenvalue weighted by Gasteiger charge is 2.02. The third-order valence-electron chi connectivity index (χ3n) is 2.63. The fraction of sp³-hybridized carbons (Fsp3) is 0.467. The van der Waals surface area contributed by atoms with Gasteiger partial charge in [0.2, 0.25) is 0 Å². The summed E-state index contributed by atoms with van der Waals surface area (Å²) < 4.78 is 5.37. The molecule has 0 aliphatic heterocycles. The van der Waals surface area contributed by atoms with Gasteiger partial charge in [-0.05, 0) is 37.5 Å². The van der Waals surface area contributed by atoms with E-state index in [1.54, 1.807) is 6.92 Å². The maximum atomic E-state index is 11.3. The van der Waals surface area contributed by atoms with E-state index in [0.29, 0.717) is 18.7 Å². The summed E-state index contributed by atoms with van der Waals surface area (Å²) >= 11 is 0. The lowest BCUT2D eigenvalue weighted by Gasteiger charge is -2.07. The molecule has 0 aromatic heterocycles. The van der Waals surface area contributed by atoms with E-state index in [9.17, 15) is 9.59 Å². The number of carbonyl (C=O) groups excluding carboxylic acids is 2. The van der Waals surface area contributed by atoms with Gasteiger partial charge in [-0.3, -0.25) is 4.79 Å². The molecule has 19 heavy (non-hydrogen) atoms. The lowest BCUT2D eigenvalue weighted by molar-refractivity contribution is -0.123. The fourth-order valence-electron chi connectivity index (χ4n) is 1.54. The second kappa shape index (κ2) is 8.29. The molecule has 0 radical (unpaired) electrons. The third-order valence-corrected chi connectivity index (χ3v) is 2.63. The Morgan fingerprint density at radius 3 is 2.47 bits per heavy atom. The second-order valence-electron chi connectivity index (χ2n) is 4.48. The second-order valence-corrected chi connectivity index (χ2v) is 4.48. The summed E-state index contributed by atoms with van der Waals surface area (Å²) in [5, 5.41) is 2.75. The molecule has 104 valence electrons. The molecule has 1 aromatic rings. The van der Waals surface area contributed by atoms with E-state index in [0.717, 1.165) is 18.4 Å². The summed E-state index contributed by atoms with van der Waals surface area (Å²) in [5.41, 5.74) is 1.10. The van der Waals surface area contributed by atoms with Gasteiger partial charge in [-0.2, -0.15) is 0 Å². The molecule has 0 aliphatic rings. The van der Waals surface area contributed by atoms with Crippen molar-refractivity contribution in [2.24, 2.45) is 0 Å². The quantitative estimate of drug-likeness (QED) is 0.781. The predicted molar refractivity (Wildman–Crippen MR) is 74.2 cm³/mol. The average Bonchev–Trinajstić information content (AvgIpc) is 2.41. The summed E-state index contributed by atoms with van der Waals surface area (Å²) in [6, 6.07) is 7.48. The van der Waals surface area contributed by atoms with Crippen LogP contribution in [-0.2, 0) is 16.0 Å². The van der Waals surface area contributed by atoms with Crippen molar-refractivity contribution < 1.29 is 14.3 Å². The van der Waals surface area contributed by atoms with Crippen LogP contribution in [0.4, 0.5) is 0 Å². The number of nitrogens with one attached hydrogen (secondary N) is 1. The predicted octanol–water partition coefficient (Wildman–Crippen LogP) is 2.11. The number of carbonyl (C=O) groups is 2. The molecular formula is C15H21NO3. The Hall–Kier alpha value is -1.84. The molecule has 0 saturated heterocycles. The number of amides is 1. The van der Waals surface area contributed by atoms with Crippen LogP contribution in [0.3, 0.4) is 0 Å². The molecule has 1 rings (SSSR count). The maximum Gasteiger partial charge on any atom is 0.257 e. The van der Waals surface area contributed by atoms with E-state index in [1.165, 1.54) is 0 Å². The minimum Gasteiger partial charge on any atom is -0.484 e. The zero-order valence-electron chi connectivity index (χ0n) is 11.6. The Morgan fingerprint density at radius 2 is 1.89 bits per heavy atom. The molecule has 4 nitrogen and oxygen atoms in total. The van der Waals surface area contributed by atoms with E-state index in [-0.39, 0.29) is 18.3 Å². The summed E-state index contributed by atoms with van der Waals surface area (Å²) in [5.74, 6) is 0.744. The Morgan fingerprint density at radius 1 is 1.21 bits per heavy atom. The molecule has 0 saturated carbocycles. The molecular weight excluding hydrogens is 242 g/mol. The minimum absolute atomic E-state index is 0.0345. The van der Waals surface area contributed by atoms with Gasteiger partial charge in [-0.1, -0.05) is 19.1 Å². The van der Waals surface area contributed by atoms with Crippen LogP contribution in [-0.4, -0.2) is 24.8 Å². The summed E-state index contributed by atoms with van der Waals surface area (Å²) in [7, 11) is 0. The number of hydrogen-bond donors (Lipinski definition) is 1. The maximum absolute atomic E-state index is 11.3. The van der Waals surface area contributed by atoms with Gasteiger partial charge in [0.25, 0.3) is 5.91 Å². The zero-order chi connectivity index (χ0) is 14.1. The summed E-state index contributed by atoms with van der Waals surface area (Å²) in [4.78, 5) is 22.2. The fourth-order valence-corrected chi connectivity index (χ4v) is 1.54. The molecule has 4 heteroatoms. The summed E-state index contributed by atoms with van der Waals surface area (Å²) in [6.45, 7) is 4.30. The Labute approximate surface area is 114 Å². The molecule has 0 aliphatic carbocycles. The highest BCUT2D eigenvalue weighted by atomic mass is 16.5. The number of ketones is 1. The molecule has 1 N–H and O–H groups in total. The van der Waals surface area contributed by atoms with Gasteiger partial charge in [0, 0.05) is 13.0 Å². The average molecular weight is 263 g/mol. The van der Waals surface area contributed by atoms with Crippen molar-refractivity contribution in [2.75, 3.05) is 13.2 Å². The SMILES string of the molecule is CCCNC(=O)COc1ccc(CCC(C)=O)cc1. The van der Waals surface area contributed by atoms with Crippen molar-refractivity contribution in [3.8, 4) is 5.75 Å². The van der Waals surface area contributed by atoms with Crippen LogP contribution in [0.1, 0.15) is 32.3 Å². The summed E-state index contributed by atoms with van der Waals surface area (Å²) in [6.07, 6.45) is 2.21. The smallest absolute Gasteiger partial charge is 0.257 e. The van der Waals surface area contributed by atoms with E-state index in [4.69, 9.17) is 4.74 Å². The Kier molecular flexibility index (Phi) is 6.64. The lowest BCUT2D eigenvalue weighted by atomic mass is 10.1. The third kappa shape index (κ3) is 6.60. The van der Waals surface area contributed by atoms with Crippen LogP contribution in [0, 0.1) is 0 Å². The highest BCUT2D eigenvalue weighted by Crippen LogP contribution is 2.13. The van der Waals surface area contributed by atoms with E-state index in [2.05, 4.69) is 5.32 Å². The first kappa shape index (κ1) is 15.2. The number of benzene rings is 1. The van der Waals surface area contributed by atoms with Gasteiger partial charge in [0.15, 0.2) is 6.61 Å². The van der Waals surface area contributed by atoms with Crippen LogP contribution in [0.5, 0.6) is 5.75 Å². The van der Waals surface area contributed by atoms with Crippen molar-refractivity contribution in [3.05, 3.63) is 29.8 Å². The van der Waals surface area contributed by atoms with Crippen molar-refractivity contribution in [1.29, 1.82) is 0 Å². The van der Waals surface area contributed by atoms with E-state index >= 15 is 0 Å².